The van der Waals surface area contributed by atoms with Crippen molar-refractivity contribution in [3.63, 3.8) is 0 Å². The van der Waals surface area contributed by atoms with Crippen molar-refractivity contribution >= 4 is 48.7 Å². The maximum absolute atomic E-state index is 15.1. The minimum absolute atomic E-state index is 0.286. The largest absolute Gasteiger partial charge is 0.310 e. The van der Waals surface area contributed by atoms with Crippen molar-refractivity contribution in [1.82, 2.24) is 4.57 Å². The minimum Gasteiger partial charge on any atom is -0.310 e. The molecule has 0 radical (unpaired) electrons. The van der Waals surface area contributed by atoms with Crippen LogP contribution in [0.1, 0.15) is 43.2 Å². The summed E-state index contributed by atoms with van der Waals surface area (Å²) in [5.41, 5.74) is 12.4. The Morgan fingerprint density at radius 2 is 1.05 bits per heavy atom. The summed E-state index contributed by atoms with van der Waals surface area (Å²) >= 11 is 0. The molecule has 4 bridgehead atoms. The first-order valence-corrected chi connectivity index (χ1v) is 24.1. The predicted octanol–water partition coefficient (Wildman–Crippen LogP) is 14.5. The molecule has 306 valence electrons. The molecule has 4 saturated carbocycles. The van der Waals surface area contributed by atoms with E-state index in [4.69, 9.17) is 0 Å². The Morgan fingerprint density at radius 1 is 0.460 bits per heavy atom. The third-order valence-electron chi connectivity index (χ3n) is 15.4. The highest BCUT2D eigenvalue weighted by atomic mass is 32.2. The van der Waals surface area contributed by atoms with Crippen LogP contribution in [0.2, 0.25) is 0 Å². The number of anilines is 3. The van der Waals surface area contributed by atoms with Crippen molar-refractivity contribution in [2.24, 2.45) is 23.7 Å². The molecule has 4 nitrogen and oxygen atoms in total. The van der Waals surface area contributed by atoms with Gasteiger partial charge in [-0.15, -0.1) is 0 Å². The summed E-state index contributed by atoms with van der Waals surface area (Å²) in [7, 11) is -3.81. The molecular formula is C58H46N2O2S. The third kappa shape index (κ3) is 5.42. The second-order valence-corrected chi connectivity index (χ2v) is 20.4. The van der Waals surface area contributed by atoms with Gasteiger partial charge in [-0.2, -0.15) is 0 Å². The summed E-state index contributed by atoms with van der Waals surface area (Å²) in [6.45, 7) is 0. The van der Waals surface area contributed by atoms with E-state index < -0.39 is 9.84 Å². The van der Waals surface area contributed by atoms with Crippen molar-refractivity contribution in [3.05, 3.63) is 205 Å². The lowest BCUT2D eigenvalue weighted by molar-refractivity contribution is -0.0446. The van der Waals surface area contributed by atoms with Crippen LogP contribution in [0.3, 0.4) is 0 Å². The topological polar surface area (TPSA) is 42.3 Å². The lowest BCUT2D eigenvalue weighted by Crippen LogP contribution is -2.57. The van der Waals surface area contributed by atoms with Crippen molar-refractivity contribution in [2.45, 2.75) is 47.3 Å². The molecule has 8 aromatic carbocycles. The van der Waals surface area contributed by atoms with Gasteiger partial charge in [0.05, 0.1) is 26.5 Å². The van der Waals surface area contributed by atoms with Gasteiger partial charge in [0, 0.05) is 38.8 Å². The summed E-state index contributed by atoms with van der Waals surface area (Å²) in [5.74, 6) is 2.42. The number of aromatic nitrogens is 1. The summed E-state index contributed by atoms with van der Waals surface area (Å²) in [6, 6.07) is 68.3. The zero-order valence-electron chi connectivity index (χ0n) is 34.9. The van der Waals surface area contributed by atoms with Crippen LogP contribution in [0.5, 0.6) is 0 Å². The molecule has 0 N–H and O–H groups in total. The summed E-state index contributed by atoms with van der Waals surface area (Å²) in [4.78, 5) is 3.25. The fourth-order valence-electron chi connectivity index (χ4n) is 13.1. The molecular weight excluding hydrogens is 789 g/mol. The Bertz CT molecular complexity index is 3300. The van der Waals surface area contributed by atoms with E-state index in [0.717, 1.165) is 68.0 Å². The minimum atomic E-state index is -3.81. The maximum Gasteiger partial charge on any atom is 0.207 e. The average Bonchev–Trinajstić information content (AvgIpc) is 3.67. The van der Waals surface area contributed by atoms with Crippen LogP contribution in [0, 0.1) is 23.7 Å². The Labute approximate surface area is 369 Å². The number of hydrogen-bond donors (Lipinski definition) is 0. The monoisotopic (exact) mass is 834 g/mol. The average molecular weight is 835 g/mol. The van der Waals surface area contributed by atoms with E-state index in [1.54, 1.807) is 0 Å². The van der Waals surface area contributed by atoms with E-state index in [1.165, 1.54) is 53.9 Å². The number of sulfone groups is 1. The Kier molecular flexibility index (Phi) is 8.15. The van der Waals surface area contributed by atoms with E-state index in [2.05, 4.69) is 179 Å². The Balaban J connectivity index is 0.965. The Morgan fingerprint density at radius 3 is 1.78 bits per heavy atom. The third-order valence-corrected chi connectivity index (χ3v) is 17.2. The van der Waals surface area contributed by atoms with E-state index in [1.807, 2.05) is 24.3 Å². The molecule has 5 aliphatic rings. The van der Waals surface area contributed by atoms with E-state index in [9.17, 15) is 0 Å². The lowest BCUT2D eigenvalue weighted by atomic mass is 9.42. The Hall–Kier alpha value is -6.69. The molecule has 4 fully saturated rings. The van der Waals surface area contributed by atoms with Crippen molar-refractivity contribution in [1.29, 1.82) is 0 Å². The molecule has 5 heteroatoms. The smallest absolute Gasteiger partial charge is 0.207 e. The molecule has 1 aliphatic heterocycles. The van der Waals surface area contributed by atoms with Crippen LogP contribution in [-0.4, -0.2) is 13.0 Å². The molecule has 1 spiro atoms. The molecule has 63 heavy (non-hydrogen) atoms. The number of fused-ring (bicyclic) bond motifs is 5. The first kappa shape index (κ1) is 36.9. The van der Waals surface area contributed by atoms with Gasteiger partial charge in [0.2, 0.25) is 9.84 Å². The van der Waals surface area contributed by atoms with E-state index in [-0.39, 0.29) is 5.41 Å². The van der Waals surface area contributed by atoms with Crippen molar-refractivity contribution < 1.29 is 8.42 Å². The first-order valence-electron chi connectivity index (χ1n) is 22.6. The number of nitrogens with zero attached hydrogens (tertiary/aromatic N) is 2. The highest BCUT2D eigenvalue weighted by molar-refractivity contribution is 7.91. The van der Waals surface area contributed by atoms with Gasteiger partial charge in [0.25, 0.3) is 0 Å². The van der Waals surface area contributed by atoms with E-state index >= 15 is 8.42 Å². The lowest BCUT2D eigenvalue weighted by Gasteiger charge is -2.63. The van der Waals surface area contributed by atoms with Gasteiger partial charge in [-0.1, -0.05) is 133 Å². The zero-order chi connectivity index (χ0) is 41.9. The number of benzene rings is 8. The SMILES string of the molecule is O=S1(=O)c2ccccc2C2(c3ccc(N(c4ccc(-c5cccc(-n6c7ccccc7c7ccccc76)c5)cc4)c4ccccc4-c4ccccc4)cc31)[C@H]1C[C@H]3C[C@H](C[C@H]2C3)C1. The van der Waals surface area contributed by atoms with Crippen LogP contribution in [0.15, 0.2) is 204 Å². The molecule has 0 atom stereocenters. The number of para-hydroxylation sites is 3. The molecule has 9 aromatic rings. The summed E-state index contributed by atoms with van der Waals surface area (Å²) < 4.78 is 32.5. The fraction of sp³-hybridized carbons (Fsp3) is 0.172. The van der Waals surface area contributed by atoms with Gasteiger partial charge in [-0.05, 0) is 144 Å². The molecule has 0 unspecified atom stereocenters. The second kappa shape index (κ2) is 13.9. The van der Waals surface area contributed by atoms with Gasteiger partial charge in [0.15, 0.2) is 0 Å². The summed E-state index contributed by atoms with van der Waals surface area (Å²) in [5, 5.41) is 2.48. The predicted molar refractivity (Wildman–Crippen MR) is 256 cm³/mol. The zero-order valence-corrected chi connectivity index (χ0v) is 35.8. The highest BCUT2D eigenvalue weighted by Gasteiger charge is 2.62. The molecule has 1 aromatic heterocycles. The number of hydrogen-bond acceptors (Lipinski definition) is 3. The van der Waals surface area contributed by atoms with Gasteiger partial charge < -0.3 is 9.47 Å². The molecule has 14 rings (SSSR count). The molecule has 2 heterocycles. The second-order valence-electron chi connectivity index (χ2n) is 18.5. The maximum atomic E-state index is 15.1. The van der Waals surface area contributed by atoms with Gasteiger partial charge in [0.1, 0.15) is 0 Å². The van der Waals surface area contributed by atoms with Crippen LogP contribution in [0.4, 0.5) is 17.1 Å². The molecule has 4 aliphatic carbocycles. The fourth-order valence-corrected chi connectivity index (χ4v) is 14.9. The van der Waals surface area contributed by atoms with Gasteiger partial charge in [-0.3, -0.25) is 0 Å². The summed E-state index contributed by atoms with van der Waals surface area (Å²) in [6.07, 6.45) is 6.09. The van der Waals surface area contributed by atoms with E-state index in [0.29, 0.717) is 21.6 Å². The first-order chi connectivity index (χ1) is 31.0. The van der Waals surface area contributed by atoms with Crippen LogP contribution in [-0.2, 0) is 15.3 Å². The number of rotatable bonds is 6. The highest BCUT2D eigenvalue weighted by Crippen LogP contribution is 2.68. The van der Waals surface area contributed by atoms with Crippen LogP contribution in [0.25, 0.3) is 49.7 Å². The van der Waals surface area contributed by atoms with Crippen LogP contribution < -0.4 is 4.90 Å². The molecule has 0 amide bonds. The standard InChI is InChI=1S/C58H46N2O2S/c61-63(62)56-24-11-7-20-51(56)58(43-32-38-31-39(34-43)35-44(58)33-38)52-30-29-47(37-57(52)63)59(53-21-8-4-17-48(53)41-13-2-1-3-14-41)45-27-25-40(26-28-45)42-15-12-16-46(36-42)60-54-22-9-5-18-49(54)50-19-6-10-23-55(50)60/h1-30,36-39,43-44H,31-35H2/t38-,39+,43+,44-,58?. The molecule has 0 saturated heterocycles. The van der Waals surface area contributed by atoms with Gasteiger partial charge in [-0.25, -0.2) is 8.42 Å². The van der Waals surface area contributed by atoms with Crippen molar-refractivity contribution in [3.8, 4) is 27.9 Å². The van der Waals surface area contributed by atoms with Crippen molar-refractivity contribution in [2.75, 3.05) is 4.90 Å². The van der Waals surface area contributed by atoms with Gasteiger partial charge >= 0.3 is 0 Å². The normalized spacial score (nSPS) is 22.6. The quantitative estimate of drug-likeness (QED) is 0.168. The van der Waals surface area contributed by atoms with Crippen LogP contribution >= 0.6 is 0 Å².